The first-order chi connectivity index (χ1) is 11.2. The number of benzene rings is 1. The standard InChI is InChI=1S/C18H25NO4/c1-21-16-9-13-6-7-19(12-14(13)10-17(16)22-2)18(20)11-15-5-3-4-8-23-15/h9-10,15H,3-8,11-12H2,1-2H3. The summed E-state index contributed by atoms with van der Waals surface area (Å²) in [6.45, 7) is 2.19. The molecule has 0 saturated carbocycles. The molecule has 2 aliphatic heterocycles. The molecule has 1 fully saturated rings. The molecule has 1 saturated heterocycles. The summed E-state index contributed by atoms with van der Waals surface area (Å²) in [6, 6.07) is 4.02. The van der Waals surface area contributed by atoms with Crippen molar-refractivity contribution >= 4 is 5.91 Å². The Hall–Kier alpha value is -1.75. The van der Waals surface area contributed by atoms with Crippen LogP contribution in [0, 0.1) is 0 Å². The molecule has 0 bridgehead atoms. The first kappa shape index (κ1) is 16.1. The van der Waals surface area contributed by atoms with Crippen LogP contribution in [0.3, 0.4) is 0 Å². The lowest BCUT2D eigenvalue weighted by Gasteiger charge is -2.31. The average molecular weight is 319 g/mol. The van der Waals surface area contributed by atoms with Gasteiger partial charge >= 0.3 is 0 Å². The van der Waals surface area contributed by atoms with Crippen molar-refractivity contribution in [2.75, 3.05) is 27.4 Å². The molecule has 0 N–H and O–H groups in total. The zero-order chi connectivity index (χ0) is 16.2. The third-order valence-corrected chi connectivity index (χ3v) is 4.75. The van der Waals surface area contributed by atoms with Crippen molar-refractivity contribution < 1.29 is 19.0 Å². The molecule has 1 unspecified atom stereocenters. The summed E-state index contributed by atoms with van der Waals surface area (Å²) in [4.78, 5) is 14.5. The minimum absolute atomic E-state index is 0.100. The smallest absolute Gasteiger partial charge is 0.225 e. The maximum Gasteiger partial charge on any atom is 0.225 e. The molecule has 0 aliphatic carbocycles. The second-order valence-corrected chi connectivity index (χ2v) is 6.23. The maximum absolute atomic E-state index is 12.5. The number of nitrogens with zero attached hydrogens (tertiary/aromatic N) is 1. The fourth-order valence-electron chi connectivity index (χ4n) is 3.39. The first-order valence-corrected chi connectivity index (χ1v) is 8.34. The molecule has 126 valence electrons. The van der Waals surface area contributed by atoms with E-state index in [1.807, 2.05) is 17.0 Å². The van der Waals surface area contributed by atoms with Crippen LogP contribution in [-0.2, 0) is 22.5 Å². The number of rotatable bonds is 4. The van der Waals surface area contributed by atoms with E-state index in [0.29, 0.717) is 13.0 Å². The number of carbonyl (C=O) groups is 1. The lowest BCUT2D eigenvalue weighted by atomic mass is 9.98. The van der Waals surface area contributed by atoms with Crippen LogP contribution in [0.4, 0.5) is 0 Å². The Kier molecular flexibility index (Phi) is 5.06. The summed E-state index contributed by atoms with van der Waals surface area (Å²) in [7, 11) is 3.28. The van der Waals surface area contributed by atoms with E-state index in [1.165, 1.54) is 5.56 Å². The lowest BCUT2D eigenvalue weighted by Crippen LogP contribution is -2.38. The Labute approximate surface area is 137 Å². The monoisotopic (exact) mass is 319 g/mol. The van der Waals surface area contributed by atoms with Crippen molar-refractivity contribution in [3.8, 4) is 11.5 Å². The van der Waals surface area contributed by atoms with E-state index in [9.17, 15) is 4.79 Å². The zero-order valence-electron chi connectivity index (χ0n) is 14.0. The third-order valence-electron chi connectivity index (χ3n) is 4.75. The highest BCUT2D eigenvalue weighted by molar-refractivity contribution is 5.77. The topological polar surface area (TPSA) is 48.0 Å². The van der Waals surface area contributed by atoms with Crippen molar-refractivity contribution in [2.45, 2.75) is 44.8 Å². The van der Waals surface area contributed by atoms with E-state index >= 15 is 0 Å². The minimum atomic E-state index is 0.100. The van der Waals surface area contributed by atoms with Gasteiger partial charge in [-0.2, -0.15) is 0 Å². The molecule has 2 aliphatic rings. The van der Waals surface area contributed by atoms with Gasteiger partial charge < -0.3 is 19.1 Å². The molecule has 5 heteroatoms. The number of methoxy groups -OCH3 is 2. The van der Waals surface area contributed by atoms with Crippen LogP contribution in [0.25, 0.3) is 0 Å². The van der Waals surface area contributed by atoms with Gasteiger partial charge in [-0.3, -0.25) is 4.79 Å². The molecule has 1 atom stereocenters. The van der Waals surface area contributed by atoms with Gasteiger partial charge in [0.1, 0.15) is 0 Å². The Morgan fingerprint density at radius 2 is 1.96 bits per heavy atom. The van der Waals surface area contributed by atoms with Crippen LogP contribution in [0.15, 0.2) is 12.1 Å². The quantitative estimate of drug-likeness (QED) is 0.856. The summed E-state index contributed by atoms with van der Waals surface area (Å²) < 4.78 is 16.4. The van der Waals surface area contributed by atoms with Crippen molar-refractivity contribution in [1.29, 1.82) is 0 Å². The van der Waals surface area contributed by atoms with Crippen LogP contribution < -0.4 is 9.47 Å². The number of hydrogen-bond donors (Lipinski definition) is 0. The normalized spacial score (nSPS) is 20.8. The van der Waals surface area contributed by atoms with E-state index in [0.717, 1.165) is 55.9 Å². The van der Waals surface area contributed by atoms with E-state index in [2.05, 4.69) is 0 Å². The molecular weight excluding hydrogens is 294 g/mol. The Balaban J connectivity index is 1.68. The number of hydrogen-bond acceptors (Lipinski definition) is 4. The largest absolute Gasteiger partial charge is 0.493 e. The summed E-state index contributed by atoms with van der Waals surface area (Å²) in [5.74, 6) is 1.66. The summed E-state index contributed by atoms with van der Waals surface area (Å²) in [5, 5.41) is 0. The van der Waals surface area contributed by atoms with E-state index in [-0.39, 0.29) is 12.0 Å². The molecule has 1 amide bonds. The van der Waals surface area contributed by atoms with Crippen molar-refractivity contribution in [2.24, 2.45) is 0 Å². The molecule has 1 aromatic carbocycles. The van der Waals surface area contributed by atoms with Gasteiger partial charge in [0.05, 0.1) is 26.7 Å². The molecule has 3 rings (SSSR count). The van der Waals surface area contributed by atoms with Gasteiger partial charge in [0, 0.05) is 19.7 Å². The molecule has 0 spiro atoms. The van der Waals surface area contributed by atoms with Gasteiger partial charge in [0.25, 0.3) is 0 Å². The highest BCUT2D eigenvalue weighted by Crippen LogP contribution is 2.33. The number of ether oxygens (including phenoxy) is 3. The lowest BCUT2D eigenvalue weighted by molar-refractivity contribution is -0.136. The highest BCUT2D eigenvalue weighted by atomic mass is 16.5. The SMILES string of the molecule is COc1cc2c(cc1OC)CN(C(=O)CC1CCCCO1)CC2. The van der Waals surface area contributed by atoms with Gasteiger partial charge in [0.15, 0.2) is 11.5 Å². The Morgan fingerprint density at radius 3 is 2.61 bits per heavy atom. The fourth-order valence-corrected chi connectivity index (χ4v) is 3.39. The van der Waals surface area contributed by atoms with Crippen molar-refractivity contribution in [1.82, 2.24) is 4.90 Å². The minimum Gasteiger partial charge on any atom is -0.493 e. The van der Waals surface area contributed by atoms with Crippen LogP contribution >= 0.6 is 0 Å². The maximum atomic E-state index is 12.5. The predicted octanol–water partition coefficient (Wildman–Crippen LogP) is 2.55. The molecule has 2 heterocycles. The predicted molar refractivity (Wildman–Crippen MR) is 86.9 cm³/mol. The van der Waals surface area contributed by atoms with Crippen LogP contribution in [0.2, 0.25) is 0 Å². The fraction of sp³-hybridized carbons (Fsp3) is 0.611. The van der Waals surface area contributed by atoms with Gasteiger partial charge in [-0.05, 0) is 48.9 Å². The van der Waals surface area contributed by atoms with E-state index in [4.69, 9.17) is 14.2 Å². The second kappa shape index (κ2) is 7.21. The molecular formula is C18H25NO4. The van der Waals surface area contributed by atoms with Crippen molar-refractivity contribution in [3.63, 3.8) is 0 Å². The van der Waals surface area contributed by atoms with Gasteiger partial charge in [0.2, 0.25) is 5.91 Å². The van der Waals surface area contributed by atoms with Crippen molar-refractivity contribution in [3.05, 3.63) is 23.3 Å². The number of fused-ring (bicyclic) bond motifs is 1. The number of carbonyl (C=O) groups excluding carboxylic acids is 1. The van der Waals surface area contributed by atoms with E-state index in [1.54, 1.807) is 14.2 Å². The molecule has 1 aromatic rings. The molecule has 0 radical (unpaired) electrons. The van der Waals surface area contributed by atoms with Crippen LogP contribution in [-0.4, -0.2) is 44.3 Å². The van der Waals surface area contributed by atoms with Gasteiger partial charge in [-0.25, -0.2) is 0 Å². The van der Waals surface area contributed by atoms with Crippen LogP contribution in [0.5, 0.6) is 11.5 Å². The van der Waals surface area contributed by atoms with E-state index < -0.39 is 0 Å². The second-order valence-electron chi connectivity index (χ2n) is 6.23. The van der Waals surface area contributed by atoms with Gasteiger partial charge in [-0.15, -0.1) is 0 Å². The van der Waals surface area contributed by atoms with Crippen LogP contribution in [0.1, 0.15) is 36.8 Å². The highest BCUT2D eigenvalue weighted by Gasteiger charge is 2.25. The Bertz CT molecular complexity index is 566. The first-order valence-electron chi connectivity index (χ1n) is 8.34. The van der Waals surface area contributed by atoms with Gasteiger partial charge in [-0.1, -0.05) is 0 Å². The summed E-state index contributed by atoms with van der Waals surface area (Å²) >= 11 is 0. The molecule has 5 nitrogen and oxygen atoms in total. The zero-order valence-corrected chi connectivity index (χ0v) is 14.0. The molecule has 0 aromatic heterocycles. The molecule has 23 heavy (non-hydrogen) atoms. The summed E-state index contributed by atoms with van der Waals surface area (Å²) in [6.07, 6.45) is 4.74. The number of amides is 1. The Morgan fingerprint density at radius 1 is 1.22 bits per heavy atom. The average Bonchev–Trinajstić information content (AvgIpc) is 2.60. The summed E-state index contributed by atoms with van der Waals surface area (Å²) in [5.41, 5.74) is 2.38. The third kappa shape index (κ3) is 3.61.